The van der Waals surface area contributed by atoms with Gasteiger partial charge in [0.15, 0.2) is 0 Å². The topological polar surface area (TPSA) is 0 Å². The molecule has 0 saturated carbocycles. The van der Waals surface area contributed by atoms with E-state index in [-0.39, 0.29) is 5.56 Å². The van der Waals surface area contributed by atoms with Crippen molar-refractivity contribution in [2.45, 2.75) is 6.18 Å². The molecule has 0 unspecified atom stereocenters. The van der Waals surface area contributed by atoms with Gasteiger partial charge in [-0.3, -0.25) is 0 Å². The van der Waals surface area contributed by atoms with Crippen LogP contribution in [0.4, 0.5) is 13.2 Å². The molecule has 0 amide bonds. The fourth-order valence-corrected chi connectivity index (χ4v) is 0.971. The van der Waals surface area contributed by atoms with Gasteiger partial charge in [-0.25, -0.2) is 0 Å². The Balaban J connectivity index is 3.14. The van der Waals surface area contributed by atoms with Crippen LogP contribution in [0.15, 0.2) is 24.3 Å². The van der Waals surface area contributed by atoms with E-state index in [0.29, 0.717) is 0 Å². The number of terminal acetylenes is 1. The van der Waals surface area contributed by atoms with Crippen LogP contribution in [0.1, 0.15) is 11.1 Å². The second-order valence-electron chi connectivity index (χ2n) is 2.40. The molecule has 1 aromatic rings. The zero-order chi connectivity index (χ0) is 9.90. The second-order valence-corrected chi connectivity index (χ2v) is 2.40. The van der Waals surface area contributed by atoms with Crippen molar-refractivity contribution in [2.24, 2.45) is 0 Å². The summed E-state index contributed by atoms with van der Waals surface area (Å²) in [4.78, 5) is 0. The third-order valence-corrected chi connectivity index (χ3v) is 1.51. The molecule has 13 heavy (non-hydrogen) atoms. The quantitative estimate of drug-likeness (QED) is 0.587. The Morgan fingerprint density at radius 1 is 1.23 bits per heavy atom. The maximum atomic E-state index is 12.3. The van der Waals surface area contributed by atoms with Crippen LogP contribution in [0.3, 0.4) is 0 Å². The number of hydrogen-bond acceptors (Lipinski definition) is 0. The van der Waals surface area contributed by atoms with Crippen LogP contribution in [0.5, 0.6) is 0 Å². The maximum Gasteiger partial charge on any atom is 0.416 e. The van der Waals surface area contributed by atoms with Crippen molar-refractivity contribution in [1.82, 2.24) is 0 Å². The van der Waals surface area contributed by atoms with Crippen molar-refractivity contribution in [1.29, 1.82) is 0 Å². The van der Waals surface area contributed by atoms with E-state index >= 15 is 0 Å². The standard InChI is InChI=1S/C10H6F3/c1-2-5-8-6-3-4-7-9(8)10(11,12)13/h1,3-7H. The first-order valence-electron chi connectivity index (χ1n) is 3.51. The van der Waals surface area contributed by atoms with Crippen LogP contribution < -0.4 is 0 Å². The first kappa shape index (κ1) is 9.66. The summed E-state index contributed by atoms with van der Waals surface area (Å²) in [5.41, 5.74) is -0.676. The fourth-order valence-electron chi connectivity index (χ4n) is 0.971. The van der Waals surface area contributed by atoms with Crippen molar-refractivity contribution in [3.8, 4) is 12.3 Å². The van der Waals surface area contributed by atoms with Crippen molar-refractivity contribution in [2.75, 3.05) is 0 Å². The molecular weight excluding hydrogens is 177 g/mol. The van der Waals surface area contributed by atoms with Gasteiger partial charge in [-0.15, -0.1) is 6.42 Å². The van der Waals surface area contributed by atoms with Gasteiger partial charge >= 0.3 is 6.18 Å². The summed E-state index contributed by atoms with van der Waals surface area (Å²) in [6.45, 7) is 0. The van der Waals surface area contributed by atoms with Gasteiger partial charge in [-0.1, -0.05) is 24.1 Å². The van der Waals surface area contributed by atoms with Gasteiger partial charge in [0, 0.05) is 0 Å². The molecule has 1 radical (unpaired) electrons. The molecular formula is C10H6F3. The Hall–Kier alpha value is -1.43. The third-order valence-electron chi connectivity index (χ3n) is 1.51. The number of halogens is 3. The van der Waals surface area contributed by atoms with E-state index in [9.17, 15) is 13.2 Å². The highest BCUT2D eigenvalue weighted by Crippen LogP contribution is 2.32. The number of alkyl halides is 3. The van der Waals surface area contributed by atoms with E-state index < -0.39 is 11.7 Å². The van der Waals surface area contributed by atoms with Crippen molar-refractivity contribution in [3.63, 3.8) is 0 Å². The minimum atomic E-state index is -4.34. The molecule has 0 bridgehead atoms. The van der Waals surface area contributed by atoms with E-state index in [1.807, 2.05) is 0 Å². The van der Waals surface area contributed by atoms with E-state index in [1.54, 1.807) is 0 Å². The largest absolute Gasteiger partial charge is 0.416 e. The van der Waals surface area contributed by atoms with Gasteiger partial charge in [0.05, 0.1) is 12.0 Å². The van der Waals surface area contributed by atoms with E-state index in [0.717, 1.165) is 12.5 Å². The van der Waals surface area contributed by atoms with Crippen molar-refractivity contribution < 1.29 is 13.2 Å². The first-order valence-corrected chi connectivity index (χ1v) is 3.51. The molecule has 3 heteroatoms. The van der Waals surface area contributed by atoms with Gasteiger partial charge in [0.1, 0.15) is 0 Å². The summed E-state index contributed by atoms with van der Waals surface area (Å²) in [5.74, 6) is 2.07. The summed E-state index contributed by atoms with van der Waals surface area (Å²) in [6.07, 6.45) is 1.66. The van der Waals surface area contributed by atoms with Crippen LogP contribution in [-0.2, 0) is 6.18 Å². The minimum Gasteiger partial charge on any atom is -0.166 e. The summed E-state index contributed by atoms with van der Waals surface area (Å²) >= 11 is 0. The monoisotopic (exact) mass is 183 g/mol. The summed E-state index contributed by atoms with van der Waals surface area (Å²) < 4.78 is 36.8. The lowest BCUT2D eigenvalue weighted by Crippen LogP contribution is -2.07. The Bertz CT molecular complexity index is 331. The van der Waals surface area contributed by atoms with Gasteiger partial charge in [0.25, 0.3) is 0 Å². The Labute approximate surface area is 74.4 Å². The molecule has 0 aliphatic rings. The third kappa shape index (κ3) is 2.25. The summed E-state index contributed by atoms with van der Waals surface area (Å²) in [5, 5.41) is 0. The fraction of sp³-hybridized carbons (Fsp3) is 0.100. The van der Waals surface area contributed by atoms with Crippen molar-refractivity contribution in [3.05, 3.63) is 41.8 Å². The zero-order valence-electron chi connectivity index (χ0n) is 6.60. The predicted molar refractivity (Wildman–Crippen MR) is 43.7 cm³/mol. The molecule has 1 rings (SSSR count). The average Bonchev–Trinajstić information content (AvgIpc) is 2.04. The van der Waals surface area contributed by atoms with Crippen LogP contribution >= 0.6 is 0 Å². The van der Waals surface area contributed by atoms with Crippen LogP contribution in [0, 0.1) is 18.8 Å². The van der Waals surface area contributed by atoms with Crippen LogP contribution in [0.25, 0.3) is 0 Å². The van der Waals surface area contributed by atoms with Crippen molar-refractivity contribution >= 4 is 0 Å². The van der Waals surface area contributed by atoms with Gasteiger partial charge < -0.3 is 0 Å². The molecule has 0 aromatic heterocycles. The molecule has 0 nitrogen and oxygen atoms in total. The number of hydrogen-bond donors (Lipinski definition) is 0. The Morgan fingerprint density at radius 3 is 2.38 bits per heavy atom. The zero-order valence-corrected chi connectivity index (χ0v) is 6.60. The summed E-state index contributed by atoms with van der Waals surface area (Å²) in [7, 11) is 0. The molecule has 0 aliphatic heterocycles. The molecule has 0 atom stereocenters. The molecule has 0 spiro atoms. The highest BCUT2D eigenvalue weighted by molar-refractivity contribution is 5.39. The molecule has 0 heterocycles. The van der Waals surface area contributed by atoms with E-state index in [4.69, 9.17) is 6.42 Å². The Morgan fingerprint density at radius 2 is 1.85 bits per heavy atom. The summed E-state index contributed by atoms with van der Waals surface area (Å²) in [6, 6.07) is 5.18. The normalized spacial score (nSPS) is 10.9. The first-order chi connectivity index (χ1) is 6.05. The highest BCUT2D eigenvalue weighted by Gasteiger charge is 2.32. The SMILES string of the molecule is C#C[CH]c1ccccc1C(F)(F)F. The van der Waals surface area contributed by atoms with Gasteiger partial charge in [-0.05, 0) is 11.6 Å². The predicted octanol–water partition coefficient (Wildman–Crippen LogP) is 2.89. The lowest BCUT2D eigenvalue weighted by atomic mass is 10.0. The van der Waals surface area contributed by atoms with Crippen LogP contribution in [-0.4, -0.2) is 0 Å². The Kier molecular flexibility index (Phi) is 2.62. The molecule has 0 aliphatic carbocycles. The average molecular weight is 183 g/mol. The smallest absolute Gasteiger partial charge is 0.166 e. The van der Waals surface area contributed by atoms with E-state index in [1.165, 1.54) is 18.2 Å². The number of rotatable bonds is 1. The molecule has 67 valence electrons. The molecule has 0 fully saturated rings. The molecule has 0 saturated heterocycles. The lowest BCUT2D eigenvalue weighted by Gasteiger charge is -2.09. The van der Waals surface area contributed by atoms with E-state index in [2.05, 4.69) is 5.92 Å². The molecule has 1 aromatic carbocycles. The van der Waals surface area contributed by atoms with Gasteiger partial charge in [0.2, 0.25) is 0 Å². The maximum absolute atomic E-state index is 12.3. The highest BCUT2D eigenvalue weighted by atomic mass is 19.4. The molecule has 0 N–H and O–H groups in total. The van der Waals surface area contributed by atoms with Crippen LogP contribution in [0.2, 0.25) is 0 Å². The number of benzene rings is 1. The second kappa shape index (κ2) is 3.53. The lowest BCUT2D eigenvalue weighted by molar-refractivity contribution is -0.137. The minimum absolute atomic E-state index is 0.0255. The van der Waals surface area contributed by atoms with Gasteiger partial charge in [-0.2, -0.15) is 13.2 Å².